The number of carbonyl (C=O) groups excluding carboxylic acids is 1. The van der Waals surface area contributed by atoms with Gasteiger partial charge >= 0.3 is 0 Å². The van der Waals surface area contributed by atoms with Crippen molar-refractivity contribution in [1.29, 1.82) is 0 Å². The molecule has 1 aliphatic heterocycles. The molecule has 1 heterocycles. The standard InChI is InChI=1S/C16H22N2O/c1-16(2)12-9-18(10-13(12)16)15(19)8-7-11-5-3-4-6-14(11)17/h3-6,12-13H,7-10,17H2,1-2H3. The molecular weight excluding hydrogens is 236 g/mol. The van der Waals surface area contributed by atoms with Gasteiger partial charge in [0.2, 0.25) is 5.91 Å². The molecule has 1 saturated heterocycles. The smallest absolute Gasteiger partial charge is 0.222 e. The molecule has 102 valence electrons. The van der Waals surface area contributed by atoms with Crippen LogP contribution in [0.5, 0.6) is 0 Å². The molecule has 0 bridgehead atoms. The van der Waals surface area contributed by atoms with E-state index in [1.54, 1.807) is 0 Å². The molecule has 1 aromatic carbocycles. The van der Waals surface area contributed by atoms with Crippen LogP contribution in [0.3, 0.4) is 0 Å². The van der Waals surface area contributed by atoms with Crippen molar-refractivity contribution in [1.82, 2.24) is 4.90 Å². The summed E-state index contributed by atoms with van der Waals surface area (Å²) in [5.41, 5.74) is 8.25. The van der Waals surface area contributed by atoms with Crippen molar-refractivity contribution in [2.45, 2.75) is 26.7 Å². The average Bonchev–Trinajstić information content (AvgIpc) is 2.79. The molecule has 1 amide bonds. The van der Waals surface area contributed by atoms with Gasteiger partial charge in [0.1, 0.15) is 0 Å². The van der Waals surface area contributed by atoms with Gasteiger partial charge in [0, 0.05) is 25.2 Å². The van der Waals surface area contributed by atoms with Crippen LogP contribution in [0.1, 0.15) is 25.8 Å². The summed E-state index contributed by atoms with van der Waals surface area (Å²) in [5.74, 6) is 1.75. The number of anilines is 1. The molecule has 1 aliphatic carbocycles. The molecule has 0 radical (unpaired) electrons. The number of amides is 1. The fourth-order valence-corrected chi connectivity index (χ4v) is 3.50. The molecule has 3 nitrogen and oxygen atoms in total. The Morgan fingerprint density at radius 2 is 1.95 bits per heavy atom. The van der Waals surface area contributed by atoms with E-state index in [0.29, 0.717) is 11.8 Å². The first-order valence-electron chi connectivity index (χ1n) is 7.11. The lowest BCUT2D eigenvalue weighted by molar-refractivity contribution is -0.130. The second kappa shape index (κ2) is 4.26. The number of carbonyl (C=O) groups is 1. The summed E-state index contributed by atoms with van der Waals surface area (Å²) in [6.07, 6.45) is 1.33. The summed E-state index contributed by atoms with van der Waals surface area (Å²) in [6, 6.07) is 7.81. The van der Waals surface area contributed by atoms with E-state index < -0.39 is 0 Å². The van der Waals surface area contributed by atoms with Gasteiger partial charge in [0.25, 0.3) is 0 Å². The number of hydrogen-bond donors (Lipinski definition) is 1. The molecule has 1 aromatic rings. The summed E-state index contributed by atoms with van der Waals surface area (Å²) in [7, 11) is 0. The predicted molar refractivity (Wildman–Crippen MR) is 76.5 cm³/mol. The van der Waals surface area contributed by atoms with E-state index in [2.05, 4.69) is 13.8 Å². The van der Waals surface area contributed by atoms with Crippen molar-refractivity contribution < 1.29 is 4.79 Å². The minimum absolute atomic E-state index is 0.284. The second-order valence-corrected chi connectivity index (χ2v) is 6.53. The van der Waals surface area contributed by atoms with Gasteiger partial charge in [-0.1, -0.05) is 32.0 Å². The molecule has 3 heteroatoms. The van der Waals surface area contributed by atoms with Gasteiger partial charge < -0.3 is 10.6 Å². The largest absolute Gasteiger partial charge is 0.399 e. The third-order valence-electron chi connectivity index (χ3n) is 5.14. The maximum absolute atomic E-state index is 12.2. The number of aryl methyl sites for hydroxylation is 1. The van der Waals surface area contributed by atoms with E-state index in [1.165, 1.54) is 0 Å². The lowest BCUT2D eigenvalue weighted by Gasteiger charge is -2.22. The number of nitrogen functional groups attached to an aromatic ring is 1. The van der Waals surface area contributed by atoms with Gasteiger partial charge in [-0.05, 0) is 35.3 Å². The molecule has 2 N–H and O–H groups in total. The van der Waals surface area contributed by atoms with Crippen molar-refractivity contribution in [3.8, 4) is 0 Å². The van der Waals surface area contributed by atoms with E-state index >= 15 is 0 Å². The third kappa shape index (κ3) is 2.11. The Balaban J connectivity index is 1.52. The minimum Gasteiger partial charge on any atom is -0.399 e. The number of fused-ring (bicyclic) bond motifs is 1. The van der Waals surface area contributed by atoms with Gasteiger partial charge in [-0.2, -0.15) is 0 Å². The molecule has 0 aromatic heterocycles. The fraction of sp³-hybridized carbons (Fsp3) is 0.562. The predicted octanol–water partition coefficient (Wildman–Crippen LogP) is 2.32. The van der Waals surface area contributed by atoms with Crippen LogP contribution in [0.25, 0.3) is 0 Å². The first kappa shape index (κ1) is 12.5. The molecule has 2 fully saturated rings. The van der Waals surface area contributed by atoms with Gasteiger partial charge in [0.05, 0.1) is 0 Å². The first-order chi connectivity index (χ1) is 9.00. The summed E-state index contributed by atoms with van der Waals surface area (Å²) >= 11 is 0. The molecule has 3 rings (SSSR count). The van der Waals surface area contributed by atoms with Crippen molar-refractivity contribution in [3.05, 3.63) is 29.8 Å². The zero-order valence-corrected chi connectivity index (χ0v) is 11.7. The fourth-order valence-electron chi connectivity index (χ4n) is 3.50. The quantitative estimate of drug-likeness (QED) is 0.846. The van der Waals surface area contributed by atoms with Crippen LogP contribution in [-0.2, 0) is 11.2 Å². The highest BCUT2D eigenvalue weighted by Gasteiger charge is 2.62. The summed E-state index contributed by atoms with van der Waals surface area (Å²) in [6.45, 7) is 6.55. The Morgan fingerprint density at radius 1 is 1.32 bits per heavy atom. The van der Waals surface area contributed by atoms with Crippen molar-refractivity contribution >= 4 is 11.6 Å². The third-order valence-corrected chi connectivity index (χ3v) is 5.14. The van der Waals surface area contributed by atoms with E-state index in [1.807, 2.05) is 29.2 Å². The van der Waals surface area contributed by atoms with Crippen LogP contribution in [0.15, 0.2) is 24.3 Å². The van der Waals surface area contributed by atoms with Crippen LogP contribution in [0.2, 0.25) is 0 Å². The molecule has 2 unspecified atom stereocenters. The van der Waals surface area contributed by atoms with Crippen LogP contribution in [-0.4, -0.2) is 23.9 Å². The average molecular weight is 258 g/mol. The molecule has 2 atom stereocenters. The van der Waals surface area contributed by atoms with Crippen molar-refractivity contribution in [3.63, 3.8) is 0 Å². The minimum atomic E-state index is 0.284. The molecule has 19 heavy (non-hydrogen) atoms. The Morgan fingerprint density at radius 3 is 2.58 bits per heavy atom. The van der Waals surface area contributed by atoms with E-state index in [0.717, 1.165) is 42.6 Å². The number of likely N-dealkylation sites (tertiary alicyclic amines) is 1. The van der Waals surface area contributed by atoms with Crippen molar-refractivity contribution in [2.24, 2.45) is 17.3 Å². The summed E-state index contributed by atoms with van der Waals surface area (Å²) in [5, 5.41) is 0. The van der Waals surface area contributed by atoms with Crippen LogP contribution < -0.4 is 5.73 Å². The Hall–Kier alpha value is -1.51. The van der Waals surface area contributed by atoms with Gasteiger partial charge in [0.15, 0.2) is 0 Å². The Labute approximate surface area is 114 Å². The molecule has 2 aliphatic rings. The molecular formula is C16H22N2O. The maximum Gasteiger partial charge on any atom is 0.222 e. The zero-order valence-electron chi connectivity index (χ0n) is 11.7. The Kier molecular flexibility index (Phi) is 2.80. The number of hydrogen-bond acceptors (Lipinski definition) is 2. The molecule has 1 saturated carbocycles. The van der Waals surface area contributed by atoms with Crippen LogP contribution >= 0.6 is 0 Å². The number of para-hydroxylation sites is 1. The highest BCUT2D eigenvalue weighted by molar-refractivity contribution is 5.77. The SMILES string of the molecule is CC1(C)C2CN(C(=O)CCc3ccccc3N)CC21. The van der Waals surface area contributed by atoms with E-state index in [4.69, 9.17) is 5.73 Å². The number of piperidine rings is 1. The zero-order chi connectivity index (χ0) is 13.6. The lowest BCUT2D eigenvalue weighted by Crippen LogP contribution is -2.33. The summed E-state index contributed by atoms with van der Waals surface area (Å²) in [4.78, 5) is 14.2. The van der Waals surface area contributed by atoms with Gasteiger partial charge in [-0.3, -0.25) is 4.79 Å². The van der Waals surface area contributed by atoms with E-state index in [9.17, 15) is 4.79 Å². The number of nitrogens with two attached hydrogens (primary N) is 1. The number of nitrogens with zero attached hydrogens (tertiary/aromatic N) is 1. The van der Waals surface area contributed by atoms with Gasteiger partial charge in [-0.25, -0.2) is 0 Å². The Bertz CT molecular complexity index is 495. The van der Waals surface area contributed by atoms with Crippen LogP contribution in [0.4, 0.5) is 5.69 Å². The number of rotatable bonds is 3. The highest BCUT2D eigenvalue weighted by atomic mass is 16.2. The van der Waals surface area contributed by atoms with E-state index in [-0.39, 0.29) is 5.91 Å². The highest BCUT2D eigenvalue weighted by Crippen LogP contribution is 2.61. The van der Waals surface area contributed by atoms with Crippen LogP contribution in [0, 0.1) is 17.3 Å². The normalized spacial score (nSPS) is 27.2. The number of benzene rings is 1. The van der Waals surface area contributed by atoms with Crippen molar-refractivity contribution in [2.75, 3.05) is 18.8 Å². The first-order valence-corrected chi connectivity index (χ1v) is 7.11. The second-order valence-electron chi connectivity index (χ2n) is 6.53. The topological polar surface area (TPSA) is 46.3 Å². The molecule has 0 spiro atoms. The summed E-state index contributed by atoms with van der Waals surface area (Å²) < 4.78 is 0. The monoisotopic (exact) mass is 258 g/mol. The maximum atomic E-state index is 12.2. The lowest BCUT2D eigenvalue weighted by atomic mass is 10.0. The van der Waals surface area contributed by atoms with Gasteiger partial charge in [-0.15, -0.1) is 0 Å².